The Kier molecular flexibility index (Phi) is 10.3. The Bertz CT molecular complexity index is 936. The molecule has 0 aliphatic rings. The maximum atomic E-state index is 12.3. The van der Waals surface area contributed by atoms with E-state index in [-0.39, 0.29) is 11.5 Å². The van der Waals surface area contributed by atoms with Gasteiger partial charge in [-0.05, 0) is 51.0 Å². The van der Waals surface area contributed by atoms with E-state index in [9.17, 15) is 9.59 Å². The van der Waals surface area contributed by atoms with Gasteiger partial charge in [0.2, 0.25) is 0 Å². The van der Waals surface area contributed by atoms with Crippen LogP contribution in [0.3, 0.4) is 0 Å². The molecular formula is C24H33NO7. The molecule has 0 radical (unpaired) electrons. The lowest BCUT2D eigenvalue weighted by atomic mass is 10.1. The molecule has 2 aromatic rings. The summed E-state index contributed by atoms with van der Waals surface area (Å²) in [4.78, 5) is 24.9. The van der Waals surface area contributed by atoms with E-state index in [1.807, 2.05) is 26.8 Å². The normalized spacial score (nSPS) is 9.88. The fourth-order valence-electron chi connectivity index (χ4n) is 3.13. The number of ether oxygens (including phenoxy) is 4. The van der Waals surface area contributed by atoms with E-state index in [2.05, 4.69) is 0 Å². The third-order valence-corrected chi connectivity index (χ3v) is 4.95. The predicted molar refractivity (Wildman–Crippen MR) is 123 cm³/mol. The highest BCUT2D eigenvalue weighted by molar-refractivity contribution is 5.97. The standard InChI is InChI=1S/C14H21NO3.C10H12O4/c1-6-15(7-2)14(16)11-8-10(3)12(17-4)9-13(11)18-5;1-6-4-7(10(11)12)9(14-3)5-8(6)13-2/h8-9H,6-7H2,1-5H3;4-5H,1-3H3,(H,11,12). The van der Waals surface area contributed by atoms with Crippen LogP contribution >= 0.6 is 0 Å². The van der Waals surface area contributed by atoms with E-state index in [1.54, 1.807) is 38.2 Å². The first-order chi connectivity index (χ1) is 15.2. The molecule has 2 aromatic carbocycles. The molecule has 0 bridgehead atoms. The summed E-state index contributed by atoms with van der Waals surface area (Å²) in [7, 11) is 6.12. The van der Waals surface area contributed by atoms with Crippen LogP contribution in [-0.4, -0.2) is 63.4 Å². The first kappa shape index (κ1) is 26.6. The smallest absolute Gasteiger partial charge is 0.339 e. The molecule has 0 spiro atoms. The molecule has 0 saturated carbocycles. The molecule has 1 N–H and O–H groups in total. The van der Waals surface area contributed by atoms with Crippen molar-refractivity contribution in [3.8, 4) is 23.0 Å². The summed E-state index contributed by atoms with van der Waals surface area (Å²) in [6.07, 6.45) is 0. The number of carboxylic acids is 1. The summed E-state index contributed by atoms with van der Waals surface area (Å²) in [6.45, 7) is 8.99. The number of carbonyl (C=O) groups is 2. The number of methoxy groups -OCH3 is 4. The maximum Gasteiger partial charge on any atom is 0.339 e. The van der Waals surface area contributed by atoms with E-state index in [0.29, 0.717) is 35.9 Å². The average molecular weight is 448 g/mol. The van der Waals surface area contributed by atoms with Gasteiger partial charge in [-0.2, -0.15) is 0 Å². The molecule has 1 amide bonds. The van der Waals surface area contributed by atoms with Gasteiger partial charge in [-0.15, -0.1) is 0 Å². The van der Waals surface area contributed by atoms with Gasteiger partial charge in [0.1, 0.15) is 28.6 Å². The molecule has 0 unspecified atom stereocenters. The van der Waals surface area contributed by atoms with Crippen molar-refractivity contribution in [3.63, 3.8) is 0 Å². The van der Waals surface area contributed by atoms with Crippen LogP contribution in [0.5, 0.6) is 23.0 Å². The predicted octanol–water partition coefficient (Wildman–Crippen LogP) is 4.20. The van der Waals surface area contributed by atoms with Crippen LogP contribution in [0, 0.1) is 13.8 Å². The Morgan fingerprint density at radius 3 is 1.44 bits per heavy atom. The summed E-state index contributed by atoms with van der Waals surface area (Å²) >= 11 is 0. The summed E-state index contributed by atoms with van der Waals surface area (Å²) in [5.41, 5.74) is 2.42. The molecular weight excluding hydrogens is 414 g/mol. The number of carboxylic acid groups (broad SMARTS) is 1. The molecule has 176 valence electrons. The molecule has 32 heavy (non-hydrogen) atoms. The van der Waals surface area contributed by atoms with Gasteiger partial charge in [-0.1, -0.05) is 0 Å². The number of aromatic carboxylic acids is 1. The number of hydrogen-bond acceptors (Lipinski definition) is 6. The van der Waals surface area contributed by atoms with Crippen molar-refractivity contribution in [2.75, 3.05) is 41.5 Å². The minimum Gasteiger partial charge on any atom is -0.496 e. The Hall–Kier alpha value is -3.42. The zero-order valence-electron chi connectivity index (χ0n) is 20.1. The van der Waals surface area contributed by atoms with E-state index < -0.39 is 5.97 Å². The van der Waals surface area contributed by atoms with Crippen LogP contribution in [0.25, 0.3) is 0 Å². The van der Waals surface area contributed by atoms with Crippen molar-refractivity contribution < 1.29 is 33.6 Å². The number of rotatable bonds is 8. The lowest BCUT2D eigenvalue weighted by Gasteiger charge is -2.21. The molecule has 0 saturated heterocycles. The highest BCUT2D eigenvalue weighted by Gasteiger charge is 2.19. The fraction of sp³-hybridized carbons (Fsp3) is 0.417. The summed E-state index contributed by atoms with van der Waals surface area (Å²) in [6, 6.07) is 6.67. The van der Waals surface area contributed by atoms with Crippen LogP contribution in [0.1, 0.15) is 45.7 Å². The van der Waals surface area contributed by atoms with E-state index >= 15 is 0 Å². The molecule has 0 atom stereocenters. The summed E-state index contributed by atoms with van der Waals surface area (Å²) in [5, 5.41) is 8.86. The van der Waals surface area contributed by atoms with Crippen molar-refractivity contribution in [2.45, 2.75) is 27.7 Å². The van der Waals surface area contributed by atoms with Gasteiger partial charge in [0.05, 0.1) is 34.0 Å². The lowest BCUT2D eigenvalue weighted by molar-refractivity contribution is 0.0692. The summed E-state index contributed by atoms with van der Waals surface area (Å²) < 4.78 is 20.5. The maximum absolute atomic E-state index is 12.3. The zero-order valence-corrected chi connectivity index (χ0v) is 20.1. The first-order valence-corrected chi connectivity index (χ1v) is 10.2. The average Bonchev–Trinajstić information content (AvgIpc) is 2.79. The van der Waals surface area contributed by atoms with Crippen LogP contribution < -0.4 is 18.9 Å². The fourth-order valence-corrected chi connectivity index (χ4v) is 3.13. The molecule has 0 aliphatic carbocycles. The van der Waals surface area contributed by atoms with Gasteiger partial charge in [-0.25, -0.2) is 4.79 Å². The van der Waals surface area contributed by atoms with Crippen molar-refractivity contribution in [2.24, 2.45) is 0 Å². The molecule has 8 nitrogen and oxygen atoms in total. The minimum absolute atomic E-state index is 0.0115. The van der Waals surface area contributed by atoms with Crippen molar-refractivity contribution in [3.05, 3.63) is 46.5 Å². The van der Waals surface area contributed by atoms with Gasteiger partial charge in [0.25, 0.3) is 5.91 Å². The number of aryl methyl sites for hydroxylation is 2. The topological polar surface area (TPSA) is 94.5 Å². The number of benzene rings is 2. The first-order valence-electron chi connectivity index (χ1n) is 10.2. The number of amides is 1. The third-order valence-electron chi connectivity index (χ3n) is 4.95. The molecule has 2 rings (SSSR count). The minimum atomic E-state index is -1.01. The third kappa shape index (κ3) is 6.29. The van der Waals surface area contributed by atoms with Crippen molar-refractivity contribution in [1.29, 1.82) is 0 Å². The monoisotopic (exact) mass is 447 g/mol. The largest absolute Gasteiger partial charge is 0.496 e. The van der Waals surface area contributed by atoms with Gasteiger partial charge in [0, 0.05) is 25.2 Å². The molecule has 0 heterocycles. The Labute approximate surface area is 189 Å². The SMILES string of the molecule is CCN(CC)C(=O)c1cc(C)c(OC)cc1OC.COc1cc(OC)c(C(=O)O)cc1C. The molecule has 8 heteroatoms. The summed E-state index contributed by atoms with van der Waals surface area (Å²) in [5.74, 6) is 1.18. The van der Waals surface area contributed by atoms with E-state index in [0.717, 1.165) is 16.9 Å². The van der Waals surface area contributed by atoms with Crippen molar-refractivity contribution in [1.82, 2.24) is 4.90 Å². The van der Waals surface area contributed by atoms with Crippen LogP contribution in [0.4, 0.5) is 0 Å². The van der Waals surface area contributed by atoms with Crippen LogP contribution in [0.15, 0.2) is 24.3 Å². The lowest BCUT2D eigenvalue weighted by Crippen LogP contribution is -2.30. The molecule has 0 aliphatic heterocycles. The Morgan fingerprint density at radius 1 is 0.719 bits per heavy atom. The second-order valence-corrected chi connectivity index (χ2v) is 6.83. The number of hydrogen-bond donors (Lipinski definition) is 1. The molecule has 0 aromatic heterocycles. The van der Waals surface area contributed by atoms with E-state index in [4.69, 9.17) is 24.1 Å². The highest BCUT2D eigenvalue weighted by atomic mass is 16.5. The van der Waals surface area contributed by atoms with Gasteiger partial charge >= 0.3 is 5.97 Å². The quantitative estimate of drug-likeness (QED) is 0.648. The highest BCUT2D eigenvalue weighted by Crippen LogP contribution is 2.30. The van der Waals surface area contributed by atoms with Crippen LogP contribution in [-0.2, 0) is 0 Å². The second kappa shape index (κ2) is 12.4. The van der Waals surface area contributed by atoms with Crippen molar-refractivity contribution >= 4 is 11.9 Å². The Balaban J connectivity index is 0.000000330. The molecule has 0 fully saturated rings. The van der Waals surface area contributed by atoms with E-state index in [1.165, 1.54) is 20.3 Å². The zero-order chi connectivity index (χ0) is 24.4. The number of carbonyl (C=O) groups excluding carboxylic acids is 1. The Morgan fingerprint density at radius 2 is 1.09 bits per heavy atom. The second-order valence-electron chi connectivity index (χ2n) is 6.83. The van der Waals surface area contributed by atoms with Gasteiger partial charge in [0.15, 0.2) is 0 Å². The van der Waals surface area contributed by atoms with Gasteiger partial charge in [-0.3, -0.25) is 4.79 Å². The van der Waals surface area contributed by atoms with Gasteiger partial charge < -0.3 is 29.0 Å². The van der Waals surface area contributed by atoms with Crippen LogP contribution in [0.2, 0.25) is 0 Å². The number of nitrogens with zero attached hydrogens (tertiary/aromatic N) is 1.